The molecule has 2 aromatic heterocycles. The molecule has 7 nitrogen and oxygen atoms in total. The standard InChI is InChI=1S/C20H15N5O2S.2BrH/c26-25(27)18-10-8-17(9-11-18)24-19(16-6-2-1-3-7-16)23-20(28-24)22-14-15-5-4-12-21-13-15;;/h1-13H,14H2;2*1H. The van der Waals surface area contributed by atoms with Crippen molar-refractivity contribution in [3.8, 4) is 17.1 Å². The third-order valence-corrected chi connectivity index (χ3v) is 4.96. The molecule has 0 bridgehead atoms. The Bertz CT molecular complexity index is 1160. The van der Waals surface area contributed by atoms with Gasteiger partial charge in [0.05, 0.1) is 17.2 Å². The van der Waals surface area contributed by atoms with Gasteiger partial charge in [-0.3, -0.25) is 20.1 Å². The molecule has 0 saturated heterocycles. The van der Waals surface area contributed by atoms with Gasteiger partial charge in [-0.15, -0.1) is 34.0 Å². The molecule has 30 heavy (non-hydrogen) atoms. The van der Waals surface area contributed by atoms with Crippen molar-refractivity contribution in [1.29, 1.82) is 0 Å². The van der Waals surface area contributed by atoms with Crippen molar-refractivity contribution in [2.75, 3.05) is 0 Å². The summed E-state index contributed by atoms with van der Waals surface area (Å²) < 4.78 is 1.93. The first-order valence-corrected chi connectivity index (χ1v) is 9.28. The summed E-state index contributed by atoms with van der Waals surface area (Å²) in [7, 11) is 0. The zero-order chi connectivity index (χ0) is 19.3. The fourth-order valence-corrected chi connectivity index (χ4v) is 3.52. The van der Waals surface area contributed by atoms with Gasteiger partial charge >= 0.3 is 0 Å². The summed E-state index contributed by atoms with van der Waals surface area (Å²) in [6.45, 7) is 0.482. The first kappa shape index (κ1) is 23.6. The molecule has 4 rings (SSSR count). The van der Waals surface area contributed by atoms with Crippen LogP contribution < -0.4 is 4.80 Å². The van der Waals surface area contributed by atoms with Gasteiger partial charge in [-0.05, 0) is 35.3 Å². The molecule has 0 N–H and O–H groups in total. The molecule has 0 amide bonds. The number of halogens is 2. The number of rotatable bonds is 5. The van der Waals surface area contributed by atoms with Gasteiger partial charge in [0.25, 0.3) is 5.69 Å². The molecular formula is C20H17Br2N5O2S. The number of benzene rings is 2. The molecule has 0 spiro atoms. The predicted octanol–water partition coefficient (Wildman–Crippen LogP) is 5.16. The smallest absolute Gasteiger partial charge is 0.264 e. The average Bonchev–Trinajstić information content (AvgIpc) is 3.18. The summed E-state index contributed by atoms with van der Waals surface area (Å²) in [6, 6.07) is 20.0. The van der Waals surface area contributed by atoms with Crippen LogP contribution in [0, 0.1) is 10.1 Å². The van der Waals surface area contributed by atoms with Gasteiger partial charge in [0.15, 0.2) is 5.82 Å². The zero-order valence-corrected chi connectivity index (χ0v) is 19.7. The highest BCUT2D eigenvalue weighted by molar-refractivity contribution is 8.93. The van der Waals surface area contributed by atoms with Gasteiger partial charge in [-0.2, -0.15) is 4.98 Å². The van der Waals surface area contributed by atoms with Crippen LogP contribution in [0.4, 0.5) is 5.69 Å². The number of nitro benzene ring substituents is 1. The minimum atomic E-state index is -0.409. The van der Waals surface area contributed by atoms with E-state index in [2.05, 4.69) is 15.0 Å². The Balaban J connectivity index is 0.00000160. The van der Waals surface area contributed by atoms with Crippen LogP contribution in [0.1, 0.15) is 5.56 Å². The third-order valence-electron chi connectivity index (χ3n) is 4.01. The van der Waals surface area contributed by atoms with Gasteiger partial charge in [-0.25, -0.2) is 3.96 Å². The SMILES string of the molecule is Br.Br.O=[N+]([O-])c1ccc(-n2sc(=NCc3cccnc3)nc2-c2ccccc2)cc1. The summed E-state index contributed by atoms with van der Waals surface area (Å²) in [5, 5.41) is 10.9. The summed E-state index contributed by atoms with van der Waals surface area (Å²) in [4.78, 5) is 24.5. The molecule has 0 fully saturated rings. The van der Waals surface area contributed by atoms with E-state index in [1.54, 1.807) is 24.5 Å². The van der Waals surface area contributed by atoms with Gasteiger partial charge in [0.1, 0.15) is 0 Å². The van der Waals surface area contributed by atoms with E-state index in [4.69, 9.17) is 0 Å². The van der Waals surface area contributed by atoms with Gasteiger partial charge in [0, 0.05) is 30.1 Å². The topological polar surface area (TPSA) is 86.2 Å². The number of nitrogens with zero attached hydrogens (tertiary/aromatic N) is 5. The van der Waals surface area contributed by atoms with E-state index in [0.717, 1.165) is 22.6 Å². The van der Waals surface area contributed by atoms with E-state index in [-0.39, 0.29) is 39.7 Å². The molecule has 0 aliphatic rings. The van der Waals surface area contributed by atoms with Gasteiger partial charge in [0.2, 0.25) is 4.80 Å². The lowest BCUT2D eigenvalue weighted by molar-refractivity contribution is -0.384. The Hall–Kier alpha value is -2.69. The molecule has 10 heteroatoms. The monoisotopic (exact) mass is 549 g/mol. The Kier molecular flexibility index (Phi) is 8.58. The van der Waals surface area contributed by atoms with Crippen LogP contribution >= 0.6 is 45.5 Å². The van der Waals surface area contributed by atoms with Crippen LogP contribution in [0.15, 0.2) is 84.1 Å². The average molecular weight is 551 g/mol. The molecule has 0 aliphatic heterocycles. The second-order valence-corrected chi connectivity index (χ2v) is 6.83. The third kappa shape index (κ3) is 5.47. The fourth-order valence-electron chi connectivity index (χ4n) is 2.65. The summed E-state index contributed by atoms with van der Waals surface area (Å²) in [5.41, 5.74) is 2.79. The number of non-ortho nitro benzene ring substituents is 1. The van der Waals surface area contributed by atoms with Crippen molar-refractivity contribution in [2.24, 2.45) is 4.99 Å². The van der Waals surface area contributed by atoms with Gasteiger partial charge in [-0.1, -0.05) is 36.4 Å². The summed E-state index contributed by atoms with van der Waals surface area (Å²) in [5.74, 6) is 0.740. The summed E-state index contributed by atoms with van der Waals surface area (Å²) in [6.07, 6.45) is 3.50. The maximum absolute atomic E-state index is 10.9. The van der Waals surface area contributed by atoms with Crippen LogP contribution in [0.3, 0.4) is 0 Å². The quantitative estimate of drug-likeness (QED) is 0.253. The van der Waals surface area contributed by atoms with Crippen molar-refractivity contribution in [1.82, 2.24) is 13.9 Å². The van der Waals surface area contributed by atoms with Crippen molar-refractivity contribution in [3.63, 3.8) is 0 Å². The molecular weight excluding hydrogens is 534 g/mol. The molecule has 2 aromatic carbocycles. The molecule has 0 radical (unpaired) electrons. The van der Waals surface area contributed by atoms with Crippen LogP contribution in [0.2, 0.25) is 0 Å². The predicted molar refractivity (Wildman–Crippen MR) is 128 cm³/mol. The highest BCUT2D eigenvalue weighted by Crippen LogP contribution is 2.23. The highest BCUT2D eigenvalue weighted by Gasteiger charge is 2.12. The van der Waals surface area contributed by atoms with Crippen molar-refractivity contribution in [2.45, 2.75) is 6.54 Å². The number of hydrogen-bond acceptors (Lipinski definition) is 6. The number of pyridine rings is 1. The molecule has 0 saturated carbocycles. The normalized spacial score (nSPS) is 10.7. The molecule has 0 unspecified atom stereocenters. The van der Waals surface area contributed by atoms with Crippen LogP contribution in [-0.4, -0.2) is 18.8 Å². The van der Waals surface area contributed by atoms with Crippen LogP contribution in [-0.2, 0) is 6.54 Å². The van der Waals surface area contributed by atoms with E-state index in [1.165, 1.54) is 23.7 Å². The van der Waals surface area contributed by atoms with Crippen LogP contribution in [0.5, 0.6) is 0 Å². The van der Waals surface area contributed by atoms with E-state index in [0.29, 0.717) is 11.3 Å². The fraction of sp³-hybridized carbons (Fsp3) is 0.0500. The molecule has 154 valence electrons. The second-order valence-electron chi connectivity index (χ2n) is 5.92. The maximum atomic E-state index is 10.9. The Morgan fingerprint density at radius 1 is 1.00 bits per heavy atom. The maximum Gasteiger partial charge on any atom is 0.269 e. The highest BCUT2D eigenvalue weighted by atomic mass is 79.9. The second kappa shape index (κ2) is 10.9. The van der Waals surface area contributed by atoms with Crippen molar-refractivity contribution >= 4 is 51.2 Å². The lowest BCUT2D eigenvalue weighted by Crippen LogP contribution is -1.99. The lowest BCUT2D eigenvalue weighted by atomic mass is 10.2. The largest absolute Gasteiger partial charge is 0.269 e. The van der Waals surface area contributed by atoms with Crippen molar-refractivity contribution < 1.29 is 4.92 Å². The van der Waals surface area contributed by atoms with Gasteiger partial charge < -0.3 is 0 Å². The zero-order valence-electron chi connectivity index (χ0n) is 15.5. The minimum absolute atomic E-state index is 0. The number of nitro groups is 1. The molecule has 0 aliphatic carbocycles. The van der Waals surface area contributed by atoms with Crippen LogP contribution in [0.25, 0.3) is 17.1 Å². The summed E-state index contributed by atoms with van der Waals surface area (Å²) >= 11 is 1.39. The van der Waals surface area contributed by atoms with E-state index in [9.17, 15) is 10.1 Å². The molecule has 4 aromatic rings. The van der Waals surface area contributed by atoms with E-state index < -0.39 is 4.92 Å². The number of hydrogen-bond donors (Lipinski definition) is 0. The lowest BCUT2D eigenvalue weighted by Gasteiger charge is -2.06. The van der Waals surface area contributed by atoms with E-state index in [1.807, 2.05) is 46.4 Å². The number of aromatic nitrogens is 3. The molecule has 0 atom stereocenters. The minimum Gasteiger partial charge on any atom is -0.264 e. The van der Waals surface area contributed by atoms with E-state index >= 15 is 0 Å². The Labute approximate surface area is 197 Å². The Morgan fingerprint density at radius 2 is 1.73 bits per heavy atom. The first-order chi connectivity index (χ1) is 13.7. The molecule has 2 heterocycles. The first-order valence-electron chi connectivity index (χ1n) is 8.51. The van der Waals surface area contributed by atoms with Crippen molar-refractivity contribution in [3.05, 3.63) is 99.6 Å². The Morgan fingerprint density at radius 3 is 2.37 bits per heavy atom.